The third-order valence-electron chi connectivity index (χ3n) is 3.08. The van der Waals surface area contributed by atoms with Crippen LogP contribution in [0.4, 0.5) is 13.2 Å². The van der Waals surface area contributed by atoms with Crippen molar-refractivity contribution in [2.75, 3.05) is 6.54 Å². The molecule has 2 nitrogen and oxygen atoms in total. The Morgan fingerprint density at radius 2 is 1.86 bits per heavy atom. The van der Waals surface area contributed by atoms with Gasteiger partial charge in [0.25, 0.3) is 0 Å². The van der Waals surface area contributed by atoms with E-state index >= 15 is 0 Å². The van der Waals surface area contributed by atoms with Crippen LogP contribution in [0.25, 0.3) is 0 Å². The highest BCUT2D eigenvalue weighted by molar-refractivity contribution is 5.41. The Balaban J connectivity index is 2.41. The molecule has 0 aliphatic rings. The summed E-state index contributed by atoms with van der Waals surface area (Å²) in [7, 11) is 0. The quantitative estimate of drug-likeness (QED) is 0.872. The van der Waals surface area contributed by atoms with E-state index in [1.54, 1.807) is 12.1 Å². The third-order valence-corrected chi connectivity index (χ3v) is 3.08. The molecular formula is C16H16F3NO. The number of hydrogen-bond donors (Lipinski definition) is 1. The van der Waals surface area contributed by atoms with E-state index in [0.29, 0.717) is 12.1 Å². The molecule has 0 fully saturated rings. The molecule has 0 amide bonds. The van der Waals surface area contributed by atoms with Gasteiger partial charge in [0.05, 0.1) is 0 Å². The van der Waals surface area contributed by atoms with E-state index in [2.05, 4.69) is 5.32 Å². The van der Waals surface area contributed by atoms with Gasteiger partial charge in [0.2, 0.25) is 0 Å². The lowest BCUT2D eigenvalue weighted by atomic mass is 10.1. The molecule has 0 spiro atoms. The molecule has 0 aliphatic carbocycles. The lowest BCUT2D eigenvalue weighted by Crippen LogP contribution is -2.18. The highest BCUT2D eigenvalue weighted by atomic mass is 19.1. The number of nitrogens with one attached hydrogen (secondary N) is 1. The fraction of sp³-hybridized carbons (Fsp3) is 0.250. The summed E-state index contributed by atoms with van der Waals surface area (Å²) in [5.74, 6) is -2.47. The molecule has 0 saturated carbocycles. The Morgan fingerprint density at radius 1 is 1.10 bits per heavy atom. The molecular weight excluding hydrogens is 279 g/mol. The number of halogens is 3. The van der Waals surface area contributed by atoms with Crippen LogP contribution in [0, 0.1) is 17.5 Å². The Hall–Kier alpha value is -2.01. The van der Waals surface area contributed by atoms with E-state index < -0.39 is 17.5 Å². The Labute approximate surface area is 121 Å². The van der Waals surface area contributed by atoms with Crippen molar-refractivity contribution >= 4 is 0 Å². The van der Waals surface area contributed by atoms with Crippen LogP contribution in [-0.4, -0.2) is 6.54 Å². The second kappa shape index (κ2) is 6.63. The summed E-state index contributed by atoms with van der Waals surface area (Å²) in [5, 5.41) is 3.13. The number of hydrogen-bond acceptors (Lipinski definition) is 2. The number of rotatable bonds is 5. The molecule has 0 bridgehead atoms. The number of benzene rings is 2. The fourth-order valence-electron chi connectivity index (χ4n) is 2.06. The van der Waals surface area contributed by atoms with E-state index in [-0.39, 0.29) is 17.5 Å². The van der Waals surface area contributed by atoms with E-state index in [1.807, 2.05) is 13.8 Å². The maximum absolute atomic E-state index is 14.0. The Morgan fingerprint density at radius 3 is 2.57 bits per heavy atom. The van der Waals surface area contributed by atoms with Crippen LogP contribution in [0.3, 0.4) is 0 Å². The van der Waals surface area contributed by atoms with Crippen molar-refractivity contribution in [2.45, 2.75) is 19.9 Å². The highest BCUT2D eigenvalue weighted by Crippen LogP contribution is 2.33. The van der Waals surface area contributed by atoms with Gasteiger partial charge in [-0.05, 0) is 31.7 Å². The van der Waals surface area contributed by atoms with Gasteiger partial charge < -0.3 is 10.1 Å². The average molecular weight is 295 g/mol. The summed E-state index contributed by atoms with van der Waals surface area (Å²) >= 11 is 0. The third kappa shape index (κ3) is 3.55. The fourth-order valence-corrected chi connectivity index (χ4v) is 2.06. The zero-order valence-electron chi connectivity index (χ0n) is 11.8. The molecule has 2 aromatic carbocycles. The average Bonchev–Trinajstić information content (AvgIpc) is 2.45. The molecule has 1 atom stereocenters. The number of ether oxygens (including phenoxy) is 1. The van der Waals surface area contributed by atoms with Gasteiger partial charge in [-0.3, -0.25) is 0 Å². The highest BCUT2D eigenvalue weighted by Gasteiger charge is 2.17. The van der Waals surface area contributed by atoms with E-state index in [1.165, 1.54) is 6.07 Å². The van der Waals surface area contributed by atoms with Crippen LogP contribution in [0.1, 0.15) is 25.5 Å². The molecule has 2 aromatic rings. The second-order valence-electron chi connectivity index (χ2n) is 4.61. The zero-order valence-corrected chi connectivity index (χ0v) is 11.8. The summed E-state index contributed by atoms with van der Waals surface area (Å²) in [5.41, 5.74) is 0.542. The molecule has 5 heteroatoms. The van der Waals surface area contributed by atoms with Crippen LogP contribution in [0.2, 0.25) is 0 Å². The van der Waals surface area contributed by atoms with Gasteiger partial charge >= 0.3 is 0 Å². The molecule has 1 N–H and O–H groups in total. The van der Waals surface area contributed by atoms with Crippen molar-refractivity contribution in [3.63, 3.8) is 0 Å². The lowest BCUT2D eigenvalue weighted by Gasteiger charge is -2.18. The van der Waals surface area contributed by atoms with Gasteiger partial charge in [0.15, 0.2) is 23.1 Å². The summed E-state index contributed by atoms with van der Waals surface area (Å²) in [6, 6.07) is 7.08. The molecule has 0 saturated heterocycles. The van der Waals surface area contributed by atoms with E-state index in [0.717, 1.165) is 18.2 Å². The predicted octanol–water partition coefficient (Wildman–Crippen LogP) is 4.57. The van der Waals surface area contributed by atoms with Crippen LogP contribution >= 0.6 is 0 Å². The van der Waals surface area contributed by atoms with Gasteiger partial charge in [-0.25, -0.2) is 13.2 Å². The van der Waals surface area contributed by atoms with Crippen molar-refractivity contribution in [2.24, 2.45) is 0 Å². The monoisotopic (exact) mass is 295 g/mol. The zero-order chi connectivity index (χ0) is 15.4. The number of para-hydroxylation sites is 1. The first-order valence-corrected chi connectivity index (χ1v) is 6.67. The van der Waals surface area contributed by atoms with Crippen LogP contribution < -0.4 is 10.1 Å². The molecule has 1 unspecified atom stereocenters. The maximum atomic E-state index is 14.0. The molecule has 0 heterocycles. The topological polar surface area (TPSA) is 21.3 Å². The minimum Gasteiger partial charge on any atom is -0.451 e. The van der Waals surface area contributed by atoms with Crippen LogP contribution in [0.5, 0.6) is 11.5 Å². The smallest absolute Gasteiger partial charge is 0.167 e. The van der Waals surface area contributed by atoms with Gasteiger partial charge in [0, 0.05) is 17.7 Å². The Bertz CT molecular complexity index is 631. The maximum Gasteiger partial charge on any atom is 0.167 e. The first kappa shape index (κ1) is 15.4. The van der Waals surface area contributed by atoms with Crippen LogP contribution in [0.15, 0.2) is 36.4 Å². The molecule has 0 aliphatic heterocycles. The summed E-state index contributed by atoms with van der Waals surface area (Å²) in [6.07, 6.45) is 0. The molecule has 0 radical (unpaired) electrons. The van der Waals surface area contributed by atoms with E-state index in [4.69, 9.17) is 4.74 Å². The minimum absolute atomic E-state index is 0.101. The largest absolute Gasteiger partial charge is 0.451 e. The molecule has 0 aromatic heterocycles. The molecule has 112 valence electrons. The standard InChI is InChI=1S/C16H16F3NO/c1-3-20-10(2)12-5-4-6-14(19)16(12)21-15-9-11(17)7-8-13(15)18/h4-10,20H,3H2,1-2H3. The van der Waals surface area contributed by atoms with Gasteiger partial charge in [-0.15, -0.1) is 0 Å². The Kier molecular flexibility index (Phi) is 4.85. The first-order chi connectivity index (χ1) is 10.0. The van der Waals surface area contributed by atoms with Crippen molar-refractivity contribution in [1.82, 2.24) is 5.32 Å². The van der Waals surface area contributed by atoms with Crippen LogP contribution in [-0.2, 0) is 0 Å². The minimum atomic E-state index is -0.748. The predicted molar refractivity (Wildman–Crippen MR) is 74.9 cm³/mol. The SMILES string of the molecule is CCNC(C)c1cccc(F)c1Oc1cc(F)ccc1F. The lowest BCUT2D eigenvalue weighted by molar-refractivity contribution is 0.399. The van der Waals surface area contributed by atoms with Gasteiger partial charge in [0.1, 0.15) is 5.82 Å². The molecule has 21 heavy (non-hydrogen) atoms. The van der Waals surface area contributed by atoms with Gasteiger partial charge in [-0.2, -0.15) is 0 Å². The normalized spacial score (nSPS) is 12.2. The van der Waals surface area contributed by atoms with Gasteiger partial charge in [-0.1, -0.05) is 19.1 Å². The second-order valence-corrected chi connectivity index (χ2v) is 4.61. The molecule has 2 rings (SSSR count). The summed E-state index contributed by atoms with van der Waals surface area (Å²) < 4.78 is 46.1. The van der Waals surface area contributed by atoms with Crippen molar-refractivity contribution < 1.29 is 17.9 Å². The van der Waals surface area contributed by atoms with Crippen molar-refractivity contribution in [3.8, 4) is 11.5 Å². The van der Waals surface area contributed by atoms with Crippen molar-refractivity contribution in [3.05, 3.63) is 59.4 Å². The van der Waals surface area contributed by atoms with Crippen molar-refractivity contribution in [1.29, 1.82) is 0 Å². The summed E-state index contributed by atoms with van der Waals surface area (Å²) in [4.78, 5) is 0. The summed E-state index contributed by atoms with van der Waals surface area (Å²) in [6.45, 7) is 4.45. The van der Waals surface area contributed by atoms with E-state index in [9.17, 15) is 13.2 Å². The first-order valence-electron chi connectivity index (χ1n) is 6.67.